The number of likely N-dealkylation sites (tertiary alicyclic amines) is 1. The topological polar surface area (TPSA) is 51.0 Å². The van der Waals surface area contributed by atoms with Crippen LogP contribution in [-0.4, -0.2) is 38.4 Å². The van der Waals surface area contributed by atoms with Crippen LogP contribution in [0.4, 0.5) is 0 Å². The molecule has 0 aromatic carbocycles. The molecule has 1 fully saturated rings. The predicted molar refractivity (Wildman–Crippen MR) is 82.3 cm³/mol. The molecule has 0 radical (unpaired) electrons. The minimum atomic E-state index is 0.211. The molecule has 0 atom stereocenters. The van der Waals surface area contributed by atoms with Gasteiger partial charge < -0.3 is 9.47 Å². The van der Waals surface area contributed by atoms with Crippen molar-refractivity contribution in [3.05, 3.63) is 23.7 Å². The molecule has 0 saturated carbocycles. The zero-order valence-electron chi connectivity index (χ0n) is 12.2. The number of aromatic nitrogens is 3. The number of pyridine rings is 1. The highest BCUT2D eigenvalue weighted by Gasteiger charge is 2.19. The van der Waals surface area contributed by atoms with E-state index < -0.39 is 0 Å². The molecule has 0 N–H and O–H groups in total. The summed E-state index contributed by atoms with van der Waals surface area (Å²) in [7, 11) is 0. The highest BCUT2D eigenvalue weighted by atomic mass is 35.5. The molecular weight excluding hydrogens is 288 g/mol. The Hall–Kier alpha value is -1.62. The van der Waals surface area contributed by atoms with Gasteiger partial charge in [-0.1, -0.05) is 0 Å². The average molecular weight is 307 g/mol. The van der Waals surface area contributed by atoms with E-state index in [0.29, 0.717) is 18.8 Å². The Bertz CT molecular complexity index is 661. The molecule has 1 aliphatic heterocycles. The number of amides is 1. The fourth-order valence-electron chi connectivity index (χ4n) is 2.81. The predicted octanol–water partition coefficient (Wildman–Crippen LogP) is 2.49. The van der Waals surface area contributed by atoms with E-state index in [2.05, 4.69) is 9.97 Å². The van der Waals surface area contributed by atoms with Gasteiger partial charge in [0.1, 0.15) is 11.3 Å². The van der Waals surface area contributed by atoms with Crippen LogP contribution in [0.2, 0.25) is 0 Å². The Morgan fingerprint density at radius 2 is 2.05 bits per heavy atom. The first-order chi connectivity index (χ1) is 10.2. The van der Waals surface area contributed by atoms with Crippen LogP contribution in [0, 0.1) is 6.92 Å². The van der Waals surface area contributed by atoms with E-state index in [9.17, 15) is 4.79 Å². The zero-order chi connectivity index (χ0) is 14.8. The van der Waals surface area contributed by atoms with Crippen LogP contribution in [0.1, 0.15) is 30.8 Å². The van der Waals surface area contributed by atoms with Crippen molar-refractivity contribution in [3.63, 3.8) is 0 Å². The summed E-state index contributed by atoms with van der Waals surface area (Å²) in [6.07, 6.45) is 2.71. The smallest absolute Gasteiger partial charge is 0.224 e. The van der Waals surface area contributed by atoms with Crippen molar-refractivity contribution in [2.75, 3.05) is 13.1 Å². The lowest BCUT2D eigenvalue weighted by Gasteiger charge is -2.15. The van der Waals surface area contributed by atoms with Crippen LogP contribution in [-0.2, 0) is 17.2 Å². The Morgan fingerprint density at radius 3 is 2.76 bits per heavy atom. The standard InChI is InChI=1S/C15H19ClN4O/c1-11-4-5-12-15(17-11)20(13(10-16)18-12)9-6-14(21)19-7-2-3-8-19/h4-5H,2-3,6-10H2,1H3. The van der Waals surface area contributed by atoms with Crippen LogP contribution < -0.4 is 0 Å². The summed E-state index contributed by atoms with van der Waals surface area (Å²) in [5, 5.41) is 0. The highest BCUT2D eigenvalue weighted by molar-refractivity contribution is 6.16. The number of alkyl halides is 1. The minimum Gasteiger partial charge on any atom is -0.343 e. The molecule has 6 heteroatoms. The molecule has 0 bridgehead atoms. The number of carbonyl (C=O) groups excluding carboxylic acids is 1. The number of nitrogens with zero attached hydrogens (tertiary/aromatic N) is 4. The molecule has 1 amide bonds. The fourth-order valence-corrected chi connectivity index (χ4v) is 3.02. The largest absolute Gasteiger partial charge is 0.343 e. The van der Waals surface area contributed by atoms with Gasteiger partial charge in [-0.3, -0.25) is 4.79 Å². The van der Waals surface area contributed by atoms with Gasteiger partial charge in [-0.25, -0.2) is 9.97 Å². The number of imidazole rings is 1. The van der Waals surface area contributed by atoms with E-state index in [4.69, 9.17) is 11.6 Å². The third-order valence-corrected chi connectivity index (χ3v) is 4.18. The summed E-state index contributed by atoms with van der Waals surface area (Å²) in [6.45, 7) is 4.32. The van der Waals surface area contributed by atoms with Crippen LogP contribution in [0.25, 0.3) is 11.2 Å². The van der Waals surface area contributed by atoms with E-state index in [1.54, 1.807) is 0 Å². The van der Waals surface area contributed by atoms with E-state index in [1.165, 1.54) is 0 Å². The van der Waals surface area contributed by atoms with Gasteiger partial charge >= 0.3 is 0 Å². The summed E-state index contributed by atoms with van der Waals surface area (Å²) in [6, 6.07) is 3.89. The molecule has 5 nitrogen and oxygen atoms in total. The molecule has 3 heterocycles. The van der Waals surface area contributed by atoms with Gasteiger partial charge in [-0.05, 0) is 31.9 Å². The molecule has 21 heavy (non-hydrogen) atoms. The summed E-state index contributed by atoms with van der Waals surface area (Å²) >= 11 is 5.98. The molecule has 3 rings (SSSR count). The molecular formula is C15H19ClN4O. The molecule has 0 unspecified atom stereocenters. The lowest BCUT2D eigenvalue weighted by Crippen LogP contribution is -2.28. The molecule has 0 aliphatic carbocycles. The lowest BCUT2D eigenvalue weighted by molar-refractivity contribution is -0.130. The van der Waals surface area contributed by atoms with Crippen LogP contribution >= 0.6 is 11.6 Å². The van der Waals surface area contributed by atoms with Crippen LogP contribution in [0.5, 0.6) is 0 Å². The van der Waals surface area contributed by atoms with Gasteiger partial charge in [-0.2, -0.15) is 0 Å². The Kier molecular flexibility index (Phi) is 4.10. The summed E-state index contributed by atoms with van der Waals surface area (Å²) in [5.41, 5.74) is 2.60. The van der Waals surface area contributed by atoms with Crippen molar-refractivity contribution in [1.29, 1.82) is 0 Å². The molecule has 2 aromatic rings. The Morgan fingerprint density at radius 1 is 1.29 bits per heavy atom. The van der Waals surface area contributed by atoms with Gasteiger partial charge in [0.05, 0.1) is 5.88 Å². The third-order valence-electron chi connectivity index (χ3n) is 3.94. The lowest BCUT2D eigenvalue weighted by atomic mass is 10.3. The van der Waals surface area contributed by atoms with Crippen molar-refractivity contribution in [1.82, 2.24) is 19.4 Å². The molecule has 0 spiro atoms. The summed E-state index contributed by atoms with van der Waals surface area (Å²) < 4.78 is 1.98. The SMILES string of the molecule is Cc1ccc2nc(CCl)n(CCC(=O)N3CCCC3)c2n1. The number of fused-ring (bicyclic) bond motifs is 1. The first kappa shape index (κ1) is 14.3. The third kappa shape index (κ3) is 2.88. The van der Waals surface area contributed by atoms with Gasteiger partial charge in [-0.15, -0.1) is 11.6 Å². The maximum absolute atomic E-state index is 12.2. The Labute approximate surface area is 128 Å². The quantitative estimate of drug-likeness (QED) is 0.816. The molecule has 1 saturated heterocycles. The van der Waals surface area contributed by atoms with E-state index >= 15 is 0 Å². The van der Waals surface area contributed by atoms with Crippen molar-refractivity contribution < 1.29 is 4.79 Å². The van der Waals surface area contributed by atoms with Crippen molar-refractivity contribution in [2.45, 2.75) is 38.6 Å². The minimum absolute atomic E-state index is 0.211. The van der Waals surface area contributed by atoms with Gasteiger partial charge in [0.25, 0.3) is 0 Å². The van der Waals surface area contributed by atoms with E-state index in [-0.39, 0.29) is 5.91 Å². The van der Waals surface area contributed by atoms with Crippen molar-refractivity contribution >= 4 is 28.7 Å². The number of carbonyl (C=O) groups is 1. The fraction of sp³-hybridized carbons (Fsp3) is 0.533. The summed E-state index contributed by atoms with van der Waals surface area (Å²) in [4.78, 5) is 23.2. The first-order valence-electron chi connectivity index (χ1n) is 7.35. The normalized spacial score (nSPS) is 15.0. The number of hydrogen-bond donors (Lipinski definition) is 0. The maximum atomic E-state index is 12.2. The molecule has 112 valence electrons. The van der Waals surface area contributed by atoms with E-state index in [0.717, 1.165) is 48.6 Å². The van der Waals surface area contributed by atoms with Gasteiger partial charge in [0, 0.05) is 31.7 Å². The highest BCUT2D eigenvalue weighted by Crippen LogP contribution is 2.18. The second-order valence-electron chi connectivity index (χ2n) is 5.45. The van der Waals surface area contributed by atoms with E-state index in [1.807, 2.05) is 28.5 Å². The number of hydrogen-bond acceptors (Lipinski definition) is 3. The molecule has 1 aliphatic rings. The zero-order valence-corrected chi connectivity index (χ0v) is 12.9. The first-order valence-corrected chi connectivity index (χ1v) is 7.89. The number of aryl methyl sites for hydroxylation is 2. The molecule has 2 aromatic heterocycles. The second kappa shape index (κ2) is 6.02. The summed E-state index contributed by atoms with van der Waals surface area (Å²) in [5.74, 6) is 1.31. The maximum Gasteiger partial charge on any atom is 0.224 e. The van der Waals surface area contributed by atoms with Gasteiger partial charge in [0.15, 0.2) is 5.65 Å². The van der Waals surface area contributed by atoms with Gasteiger partial charge in [0.2, 0.25) is 5.91 Å². The monoisotopic (exact) mass is 306 g/mol. The number of halogens is 1. The second-order valence-corrected chi connectivity index (χ2v) is 5.71. The van der Waals surface area contributed by atoms with Crippen molar-refractivity contribution in [3.8, 4) is 0 Å². The Balaban J connectivity index is 1.81. The van der Waals surface area contributed by atoms with Crippen LogP contribution in [0.15, 0.2) is 12.1 Å². The number of rotatable bonds is 4. The van der Waals surface area contributed by atoms with Crippen LogP contribution in [0.3, 0.4) is 0 Å². The van der Waals surface area contributed by atoms with Crippen molar-refractivity contribution in [2.24, 2.45) is 0 Å². The average Bonchev–Trinajstić information content (AvgIpc) is 3.12.